The third-order valence-corrected chi connectivity index (χ3v) is 9.17. The molecule has 0 saturated carbocycles. The molecule has 3 aliphatic heterocycles. The van der Waals surface area contributed by atoms with Crippen LogP contribution in [0.2, 0.25) is 0 Å². The zero-order valence-electron chi connectivity index (χ0n) is 29.3. The Hall–Kier alpha value is -5.37. The number of rotatable bonds is 7. The van der Waals surface area contributed by atoms with Gasteiger partial charge in [-0.1, -0.05) is 42.5 Å². The van der Waals surface area contributed by atoms with Gasteiger partial charge in [-0.05, 0) is 68.5 Å². The number of hydrogen-bond acceptors (Lipinski definition) is 9. The van der Waals surface area contributed by atoms with Crippen LogP contribution in [0.15, 0.2) is 60.8 Å². The van der Waals surface area contributed by atoms with Gasteiger partial charge in [0, 0.05) is 38.0 Å². The smallest absolute Gasteiger partial charge is 0.303 e. The first-order chi connectivity index (χ1) is 25.2. The number of carboxylic acids is 1. The molecule has 3 aromatic rings. The van der Waals surface area contributed by atoms with Crippen LogP contribution < -0.4 is 26.0 Å². The van der Waals surface area contributed by atoms with E-state index < -0.39 is 29.7 Å². The highest BCUT2D eigenvalue weighted by atomic mass is 16.5. The van der Waals surface area contributed by atoms with Gasteiger partial charge >= 0.3 is 5.97 Å². The predicted octanol–water partition coefficient (Wildman–Crippen LogP) is 2.32. The number of piperidine rings is 1. The van der Waals surface area contributed by atoms with Gasteiger partial charge in [0.25, 0.3) is 5.91 Å². The minimum Gasteiger partial charge on any atom is -0.492 e. The van der Waals surface area contributed by atoms with Crippen LogP contribution in [0, 0.1) is 0 Å². The van der Waals surface area contributed by atoms with E-state index in [4.69, 9.17) is 14.8 Å². The largest absolute Gasteiger partial charge is 0.492 e. The Labute approximate surface area is 303 Å². The lowest BCUT2D eigenvalue weighted by Crippen LogP contribution is -2.49. The lowest BCUT2D eigenvalue weighted by molar-refractivity contribution is -0.139. The maximum Gasteiger partial charge on any atom is 0.303 e. The Bertz CT molecular complexity index is 1680. The molecule has 14 nitrogen and oxygen atoms in total. The molecule has 2 bridgehead atoms. The number of aromatic nitrogens is 2. The molecule has 1 aromatic heterocycles. The molecule has 1 saturated heterocycles. The van der Waals surface area contributed by atoms with Crippen LogP contribution in [0.1, 0.15) is 83.9 Å². The molecule has 5 N–H and O–H groups in total. The number of carbonyl (C=O) groups excluding carboxylic acids is 4. The van der Waals surface area contributed by atoms with E-state index in [0.717, 1.165) is 43.9 Å². The summed E-state index contributed by atoms with van der Waals surface area (Å²) < 4.78 is 5.79. The quantitative estimate of drug-likeness (QED) is 0.227. The first kappa shape index (κ1) is 37.9. The molecule has 6 rings (SSSR count). The number of nitrogens with one attached hydrogen (secondary N) is 4. The molecule has 4 heterocycles. The molecule has 0 unspecified atom stereocenters. The number of carboxylic acid groups (broad SMARTS) is 1. The second-order valence-corrected chi connectivity index (χ2v) is 13.1. The van der Waals surface area contributed by atoms with Gasteiger partial charge in [-0.3, -0.25) is 28.9 Å². The number of fused-ring (bicyclic) bond motifs is 16. The van der Waals surface area contributed by atoms with E-state index in [2.05, 4.69) is 55.4 Å². The molecular weight excluding hydrogens is 666 g/mol. The zero-order chi connectivity index (χ0) is 36.7. The Morgan fingerprint density at radius 2 is 1.67 bits per heavy atom. The van der Waals surface area contributed by atoms with E-state index >= 15 is 0 Å². The van der Waals surface area contributed by atoms with Crippen molar-refractivity contribution in [3.05, 3.63) is 89.0 Å². The van der Waals surface area contributed by atoms with Gasteiger partial charge in [0.15, 0.2) is 0 Å². The predicted molar refractivity (Wildman–Crippen MR) is 191 cm³/mol. The number of carbonyl (C=O) groups is 5. The summed E-state index contributed by atoms with van der Waals surface area (Å²) >= 11 is 0. The molecule has 276 valence electrons. The van der Waals surface area contributed by atoms with Crippen LogP contribution in [-0.4, -0.2) is 94.9 Å². The summed E-state index contributed by atoms with van der Waals surface area (Å²) in [7, 11) is 0. The highest BCUT2D eigenvalue weighted by Gasteiger charge is 2.25. The Morgan fingerprint density at radius 3 is 2.42 bits per heavy atom. The Morgan fingerprint density at radius 1 is 0.904 bits per heavy atom. The van der Waals surface area contributed by atoms with Crippen molar-refractivity contribution < 1.29 is 33.8 Å². The molecule has 1 fully saturated rings. The van der Waals surface area contributed by atoms with Crippen LogP contribution in [0.4, 0.5) is 0 Å². The van der Waals surface area contributed by atoms with E-state index in [1.54, 1.807) is 6.20 Å². The highest BCUT2D eigenvalue weighted by Crippen LogP contribution is 2.28. The number of likely N-dealkylation sites (tertiary alicyclic amines) is 1. The Kier molecular flexibility index (Phi) is 14.1. The normalized spacial score (nSPS) is 18.7. The first-order valence-electron chi connectivity index (χ1n) is 17.9. The van der Waals surface area contributed by atoms with Crippen molar-refractivity contribution in [3.63, 3.8) is 0 Å². The molecule has 0 aliphatic carbocycles. The number of ether oxygens (including phenoxy) is 1. The maximum atomic E-state index is 13.5. The fraction of sp³-hybridized carbons (Fsp3) is 0.447. The van der Waals surface area contributed by atoms with E-state index in [1.807, 2.05) is 30.3 Å². The second-order valence-electron chi connectivity index (χ2n) is 13.1. The van der Waals surface area contributed by atoms with Crippen molar-refractivity contribution in [1.29, 1.82) is 0 Å². The number of nitrogens with zero attached hydrogens (tertiary/aromatic N) is 3. The van der Waals surface area contributed by atoms with Crippen molar-refractivity contribution in [2.75, 3.05) is 39.3 Å². The van der Waals surface area contributed by atoms with Crippen molar-refractivity contribution in [2.45, 2.75) is 69.9 Å². The third-order valence-electron chi connectivity index (χ3n) is 9.17. The number of hydrogen-bond donors (Lipinski definition) is 5. The number of benzene rings is 2. The van der Waals surface area contributed by atoms with Gasteiger partial charge < -0.3 is 31.1 Å². The first-order valence-corrected chi connectivity index (χ1v) is 17.9. The summed E-state index contributed by atoms with van der Waals surface area (Å²) in [6.07, 6.45) is 4.40. The number of amides is 4. The molecule has 0 spiro atoms. The second kappa shape index (κ2) is 19.3. The fourth-order valence-corrected chi connectivity index (χ4v) is 6.28. The zero-order valence-corrected chi connectivity index (χ0v) is 29.3. The summed E-state index contributed by atoms with van der Waals surface area (Å²) in [4.78, 5) is 74.2. The fourth-order valence-electron chi connectivity index (χ4n) is 6.28. The van der Waals surface area contributed by atoms with Crippen molar-refractivity contribution >= 4 is 29.6 Å². The van der Waals surface area contributed by atoms with Gasteiger partial charge in [-0.2, -0.15) is 0 Å². The lowest BCUT2D eigenvalue weighted by Gasteiger charge is -2.31. The number of aliphatic carboxylic acids is 1. The molecule has 4 amide bonds. The Balaban J connectivity index is 1.27. The van der Waals surface area contributed by atoms with Crippen LogP contribution >= 0.6 is 0 Å². The summed E-state index contributed by atoms with van der Waals surface area (Å²) in [6.45, 7) is 3.17. The van der Waals surface area contributed by atoms with Crippen LogP contribution in [0.5, 0.6) is 5.75 Å². The SMILES string of the molecule is O=C(O)CCC(=O)N[C@H]1CCCCNC(=O)c2cnc(C3CCN(Cc4ccccc4)CC3)nc2Cc2ccc(cc2)OCCNC(=O)CNC1=O. The molecule has 1 atom stereocenters. The van der Waals surface area contributed by atoms with Crippen molar-refractivity contribution in [1.82, 2.24) is 36.1 Å². The summed E-state index contributed by atoms with van der Waals surface area (Å²) in [5.41, 5.74) is 3.27. The molecule has 14 heteroatoms. The standard InChI is InChI=1S/C38H47N7O7/c46-33(13-14-35(48)49)43-31-8-4-5-17-40-37(50)30-23-41-36(28-15-19-45(20-16-28)25-27-6-2-1-3-7-27)44-32(30)22-26-9-11-29(12-10-26)52-21-18-39-34(47)24-42-38(31)51/h1-3,6-7,9-12,23,28,31H,4-5,8,13-22,24-25H2,(H,39,47)(H,40,50)(H,42,51)(H,43,46)(H,48,49)/t31-/m0/s1. The molecule has 3 aliphatic rings. The van der Waals surface area contributed by atoms with Crippen molar-refractivity contribution in [3.8, 4) is 5.75 Å². The minimum absolute atomic E-state index is 0.181. The molecule has 52 heavy (non-hydrogen) atoms. The highest BCUT2D eigenvalue weighted by molar-refractivity contribution is 5.95. The van der Waals surface area contributed by atoms with Crippen LogP contribution in [0.25, 0.3) is 0 Å². The van der Waals surface area contributed by atoms with Gasteiger partial charge in [0.05, 0.1) is 30.8 Å². The van der Waals surface area contributed by atoms with Gasteiger partial charge in [-0.25, -0.2) is 9.97 Å². The van der Waals surface area contributed by atoms with E-state index in [0.29, 0.717) is 42.8 Å². The summed E-state index contributed by atoms with van der Waals surface area (Å²) in [5.74, 6) is -1.47. The topological polar surface area (TPSA) is 192 Å². The van der Waals surface area contributed by atoms with Gasteiger partial charge in [-0.15, -0.1) is 0 Å². The van der Waals surface area contributed by atoms with Gasteiger partial charge in [0.1, 0.15) is 24.2 Å². The van der Waals surface area contributed by atoms with Crippen LogP contribution in [0.3, 0.4) is 0 Å². The van der Waals surface area contributed by atoms with E-state index in [9.17, 15) is 24.0 Å². The average molecular weight is 714 g/mol. The maximum absolute atomic E-state index is 13.5. The lowest BCUT2D eigenvalue weighted by atomic mass is 9.95. The monoisotopic (exact) mass is 713 g/mol. The summed E-state index contributed by atoms with van der Waals surface area (Å²) in [6, 6.07) is 17.0. The van der Waals surface area contributed by atoms with Gasteiger partial charge in [0.2, 0.25) is 17.7 Å². The van der Waals surface area contributed by atoms with Crippen molar-refractivity contribution in [2.24, 2.45) is 0 Å². The molecule has 2 aromatic carbocycles. The van der Waals surface area contributed by atoms with E-state index in [-0.39, 0.29) is 50.8 Å². The molecule has 0 radical (unpaired) electrons. The molecular formula is C38H47N7O7. The average Bonchev–Trinajstić information content (AvgIpc) is 3.15. The minimum atomic E-state index is -1.13. The third kappa shape index (κ3) is 11.9. The summed E-state index contributed by atoms with van der Waals surface area (Å²) in [5, 5.41) is 19.7. The van der Waals surface area contributed by atoms with E-state index in [1.165, 1.54) is 5.56 Å². The van der Waals surface area contributed by atoms with Crippen LogP contribution in [-0.2, 0) is 32.1 Å².